The second-order valence-corrected chi connectivity index (χ2v) is 11.9. The SMILES string of the molecule is CS(=O)(=O)CCNCCCCNc1cc2c(N)nc(-c3ccc4c(cnn4Cc4ccccc4)c3)nc2cn1. The Morgan fingerprint density at radius 2 is 1.77 bits per heavy atom. The summed E-state index contributed by atoms with van der Waals surface area (Å²) in [5, 5.41) is 12.8. The van der Waals surface area contributed by atoms with Gasteiger partial charge in [-0.3, -0.25) is 4.68 Å². The lowest BCUT2D eigenvalue weighted by Gasteiger charge is -2.09. The number of sulfone groups is 1. The summed E-state index contributed by atoms with van der Waals surface area (Å²) in [5.41, 5.74) is 10.1. The molecule has 0 fully saturated rings. The molecular formula is C28H32N8O2S. The molecule has 0 unspecified atom stereocenters. The summed E-state index contributed by atoms with van der Waals surface area (Å²) in [6.45, 7) is 2.69. The molecule has 10 nitrogen and oxygen atoms in total. The van der Waals surface area contributed by atoms with Crippen molar-refractivity contribution < 1.29 is 8.42 Å². The van der Waals surface area contributed by atoms with E-state index in [-0.39, 0.29) is 5.75 Å². The lowest BCUT2D eigenvalue weighted by atomic mass is 10.1. The first-order valence-corrected chi connectivity index (χ1v) is 15.0. The molecule has 5 rings (SSSR count). The Labute approximate surface area is 227 Å². The maximum absolute atomic E-state index is 11.2. The monoisotopic (exact) mass is 544 g/mol. The van der Waals surface area contributed by atoms with Gasteiger partial charge in [-0.25, -0.2) is 23.4 Å². The molecule has 0 spiro atoms. The number of hydrogen-bond donors (Lipinski definition) is 3. The third kappa shape index (κ3) is 6.87. The molecule has 0 saturated carbocycles. The normalized spacial score (nSPS) is 11.8. The molecule has 11 heteroatoms. The van der Waals surface area contributed by atoms with Crippen molar-refractivity contribution in [3.8, 4) is 11.4 Å². The number of benzene rings is 2. The number of unbranched alkanes of at least 4 members (excludes halogenated alkanes) is 1. The Morgan fingerprint density at radius 3 is 2.59 bits per heavy atom. The average molecular weight is 545 g/mol. The van der Waals surface area contributed by atoms with Crippen LogP contribution in [0.25, 0.3) is 33.2 Å². The zero-order chi connectivity index (χ0) is 27.2. The Hall–Kier alpha value is -4.09. The van der Waals surface area contributed by atoms with E-state index >= 15 is 0 Å². The molecule has 3 heterocycles. The standard InChI is InChI=1S/C28H32N8O2S/c1-39(37,38)14-13-30-11-5-6-12-31-26-16-23-24(18-32-26)34-28(35-27(23)29)21-9-10-25-22(15-21)17-33-36(25)19-20-7-3-2-4-8-20/h2-4,7-10,15-18,30H,5-6,11-14,19H2,1H3,(H,31,32)(H2,29,34,35). The lowest BCUT2D eigenvalue weighted by molar-refractivity contribution is 0.593. The Kier molecular flexibility index (Phi) is 7.99. The van der Waals surface area contributed by atoms with Crippen molar-refractivity contribution in [1.82, 2.24) is 30.0 Å². The van der Waals surface area contributed by atoms with Gasteiger partial charge in [0.15, 0.2) is 5.82 Å². The summed E-state index contributed by atoms with van der Waals surface area (Å²) >= 11 is 0. The fraction of sp³-hybridized carbons (Fsp3) is 0.286. The molecule has 0 atom stereocenters. The maximum Gasteiger partial charge on any atom is 0.162 e. The third-order valence-corrected chi connectivity index (χ3v) is 7.37. The highest BCUT2D eigenvalue weighted by Crippen LogP contribution is 2.27. The van der Waals surface area contributed by atoms with Gasteiger partial charge in [0.25, 0.3) is 0 Å². The number of aromatic nitrogens is 5. The topological polar surface area (TPSA) is 141 Å². The van der Waals surface area contributed by atoms with Crippen LogP contribution in [0, 0.1) is 0 Å². The van der Waals surface area contributed by atoms with Crippen molar-refractivity contribution in [2.24, 2.45) is 0 Å². The second-order valence-electron chi connectivity index (χ2n) is 9.59. The third-order valence-electron chi connectivity index (χ3n) is 6.42. The van der Waals surface area contributed by atoms with Gasteiger partial charge in [-0.1, -0.05) is 30.3 Å². The fourth-order valence-electron chi connectivity index (χ4n) is 4.36. The molecule has 0 radical (unpaired) electrons. The van der Waals surface area contributed by atoms with Crippen LogP contribution in [0.5, 0.6) is 0 Å². The summed E-state index contributed by atoms with van der Waals surface area (Å²) in [6, 6.07) is 18.2. The highest BCUT2D eigenvalue weighted by molar-refractivity contribution is 7.90. The van der Waals surface area contributed by atoms with Gasteiger partial charge in [0.05, 0.1) is 35.7 Å². The van der Waals surface area contributed by atoms with Crippen LogP contribution in [-0.4, -0.2) is 64.8 Å². The van der Waals surface area contributed by atoms with Crippen LogP contribution in [0.2, 0.25) is 0 Å². The number of anilines is 2. The minimum atomic E-state index is -2.92. The average Bonchev–Trinajstić information content (AvgIpc) is 3.32. The van der Waals surface area contributed by atoms with Gasteiger partial charge in [0, 0.05) is 35.7 Å². The van der Waals surface area contributed by atoms with E-state index in [1.165, 1.54) is 11.8 Å². The lowest BCUT2D eigenvalue weighted by Crippen LogP contribution is -2.23. The van der Waals surface area contributed by atoms with Crippen molar-refractivity contribution in [1.29, 1.82) is 0 Å². The summed E-state index contributed by atoms with van der Waals surface area (Å²) in [6.07, 6.45) is 6.66. The van der Waals surface area contributed by atoms with E-state index in [0.717, 1.165) is 47.8 Å². The first kappa shape index (κ1) is 26.5. The van der Waals surface area contributed by atoms with Crippen LogP contribution >= 0.6 is 0 Å². The highest BCUT2D eigenvalue weighted by Gasteiger charge is 2.11. The fourth-order valence-corrected chi connectivity index (χ4v) is 4.88. The van der Waals surface area contributed by atoms with Gasteiger partial charge in [0.1, 0.15) is 21.5 Å². The van der Waals surface area contributed by atoms with E-state index in [0.29, 0.717) is 36.1 Å². The van der Waals surface area contributed by atoms with E-state index in [2.05, 4.69) is 37.8 Å². The predicted molar refractivity (Wildman–Crippen MR) is 156 cm³/mol. The number of nitrogens with two attached hydrogens (primary N) is 1. The molecule has 0 aliphatic rings. The zero-order valence-electron chi connectivity index (χ0n) is 21.8. The minimum absolute atomic E-state index is 0.158. The van der Waals surface area contributed by atoms with E-state index in [4.69, 9.17) is 10.7 Å². The Morgan fingerprint density at radius 1 is 0.949 bits per heavy atom. The Balaban J connectivity index is 1.22. The summed E-state index contributed by atoms with van der Waals surface area (Å²) in [7, 11) is -2.92. The molecule has 39 heavy (non-hydrogen) atoms. The molecule has 0 bridgehead atoms. The van der Waals surface area contributed by atoms with Crippen LogP contribution in [-0.2, 0) is 16.4 Å². The zero-order valence-corrected chi connectivity index (χ0v) is 22.7. The van der Waals surface area contributed by atoms with Gasteiger partial charge >= 0.3 is 0 Å². The van der Waals surface area contributed by atoms with Crippen molar-refractivity contribution in [2.45, 2.75) is 19.4 Å². The quantitative estimate of drug-likeness (QED) is 0.201. The maximum atomic E-state index is 11.2. The van der Waals surface area contributed by atoms with E-state index in [1.807, 2.05) is 53.3 Å². The molecule has 5 aromatic rings. The van der Waals surface area contributed by atoms with Crippen molar-refractivity contribution in [3.05, 3.63) is 72.6 Å². The summed E-state index contributed by atoms with van der Waals surface area (Å²) in [4.78, 5) is 13.8. The second kappa shape index (κ2) is 11.7. The summed E-state index contributed by atoms with van der Waals surface area (Å²) in [5.74, 6) is 1.81. The largest absolute Gasteiger partial charge is 0.383 e. The molecule has 2 aromatic carbocycles. The first-order valence-electron chi connectivity index (χ1n) is 12.9. The molecule has 0 amide bonds. The van der Waals surface area contributed by atoms with Gasteiger partial charge in [-0.2, -0.15) is 5.10 Å². The molecular weight excluding hydrogens is 512 g/mol. The van der Waals surface area contributed by atoms with Crippen LogP contribution in [0.15, 0.2) is 67.0 Å². The number of nitrogens with one attached hydrogen (secondary N) is 2. The molecule has 0 aliphatic carbocycles. The highest BCUT2D eigenvalue weighted by atomic mass is 32.2. The Bertz CT molecular complexity index is 1690. The first-order chi connectivity index (χ1) is 18.9. The number of fused-ring (bicyclic) bond motifs is 2. The molecule has 3 aromatic heterocycles. The van der Waals surface area contributed by atoms with E-state index in [9.17, 15) is 8.42 Å². The van der Waals surface area contributed by atoms with Crippen molar-refractivity contribution in [3.63, 3.8) is 0 Å². The minimum Gasteiger partial charge on any atom is -0.383 e. The van der Waals surface area contributed by atoms with Gasteiger partial charge < -0.3 is 16.4 Å². The summed E-state index contributed by atoms with van der Waals surface area (Å²) < 4.78 is 24.3. The predicted octanol–water partition coefficient (Wildman–Crippen LogP) is 3.50. The molecule has 4 N–H and O–H groups in total. The van der Waals surface area contributed by atoms with Crippen LogP contribution in [0.4, 0.5) is 11.6 Å². The number of nitrogen functional groups attached to an aromatic ring is 1. The molecule has 0 saturated heterocycles. The van der Waals surface area contributed by atoms with E-state index in [1.54, 1.807) is 6.20 Å². The van der Waals surface area contributed by atoms with Crippen LogP contribution < -0.4 is 16.4 Å². The van der Waals surface area contributed by atoms with Gasteiger partial charge in [0.2, 0.25) is 0 Å². The van der Waals surface area contributed by atoms with Gasteiger partial charge in [-0.15, -0.1) is 0 Å². The number of pyridine rings is 1. The number of rotatable bonds is 12. The van der Waals surface area contributed by atoms with Gasteiger partial charge in [-0.05, 0) is 49.2 Å². The van der Waals surface area contributed by atoms with Crippen LogP contribution in [0.1, 0.15) is 18.4 Å². The number of hydrogen-bond acceptors (Lipinski definition) is 9. The van der Waals surface area contributed by atoms with Crippen LogP contribution in [0.3, 0.4) is 0 Å². The molecule has 202 valence electrons. The van der Waals surface area contributed by atoms with Crippen molar-refractivity contribution in [2.75, 3.05) is 42.7 Å². The van der Waals surface area contributed by atoms with Crippen molar-refractivity contribution >= 4 is 43.3 Å². The smallest absolute Gasteiger partial charge is 0.162 e. The number of nitrogens with zero attached hydrogens (tertiary/aromatic N) is 5. The van der Waals surface area contributed by atoms with E-state index < -0.39 is 9.84 Å². The molecule has 0 aliphatic heterocycles.